The van der Waals surface area contributed by atoms with Gasteiger partial charge in [0.2, 0.25) is 0 Å². The van der Waals surface area contributed by atoms with Gasteiger partial charge in [-0.1, -0.05) is 6.07 Å². The van der Waals surface area contributed by atoms with Crippen LogP contribution in [0.4, 0.5) is 4.39 Å². The van der Waals surface area contributed by atoms with Crippen molar-refractivity contribution >= 4 is 21.8 Å². The fraction of sp³-hybridized carbons (Fsp3) is 0.417. The molecule has 94 valence electrons. The molecule has 0 amide bonds. The number of nitrogens with zero attached hydrogens (tertiary/aromatic N) is 1. The number of alkyl halides is 1. The fourth-order valence-corrected chi connectivity index (χ4v) is 1.75. The summed E-state index contributed by atoms with van der Waals surface area (Å²) < 4.78 is 18.2. The number of nitrogens with two attached hydrogens (primary N) is 1. The minimum Gasteiger partial charge on any atom is -0.492 e. The molecule has 2 N–H and O–H groups in total. The lowest BCUT2D eigenvalue weighted by atomic mass is 10.2. The van der Waals surface area contributed by atoms with Crippen molar-refractivity contribution < 1.29 is 9.13 Å². The summed E-state index contributed by atoms with van der Waals surface area (Å²) in [6.07, 6.45) is 0.408. The third-order valence-corrected chi connectivity index (χ3v) is 2.66. The largest absolute Gasteiger partial charge is 0.492 e. The molecule has 17 heavy (non-hydrogen) atoms. The first kappa shape index (κ1) is 14.0. The van der Waals surface area contributed by atoms with Gasteiger partial charge >= 0.3 is 0 Å². The highest BCUT2D eigenvalue weighted by Gasteiger charge is 2.02. The highest BCUT2D eigenvalue weighted by atomic mass is 79.9. The molecule has 0 saturated carbocycles. The van der Waals surface area contributed by atoms with Crippen LogP contribution in [0.1, 0.15) is 18.9 Å². The van der Waals surface area contributed by atoms with Gasteiger partial charge in [0.05, 0.1) is 30.1 Å². The van der Waals surface area contributed by atoms with E-state index < -0.39 is 0 Å². The molecule has 0 radical (unpaired) electrons. The van der Waals surface area contributed by atoms with Crippen molar-refractivity contribution in [2.45, 2.75) is 19.9 Å². The van der Waals surface area contributed by atoms with E-state index in [1.807, 2.05) is 18.2 Å². The monoisotopic (exact) mass is 301 g/mol. The van der Waals surface area contributed by atoms with Gasteiger partial charge in [0.1, 0.15) is 5.75 Å². The number of hydrogen-bond donors (Lipinski definition) is 1. The van der Waals surface area contributed by atoms with Crippen LogP contribution in [-0.4, -0.2) is 19.1 Å². The topological polar surface area (TPSA) is 47.6 Å². The molecule has 0 unspecified atom stereocenters. The summed E-state index contributed by atoms with van der Waals surface area (Å²) in [5.41, 5.74) is 6.51. The third-order valence-electron chi connectivity index (χ3n) is 2.04. The number of benzene rings is 1. The lowest BCUT2D eigenvalue weighted by molar-refractivity contribution is 0.288. The Bertz CT molecular complexity index is 392. The zero-order chi connectivity index (χ0) is 12.7. The molecule has 0 aliphatic carbocycles. The Balaban J connectivity index is 2.62. The molecule has 0 fully saturated rings. The third kappa shape index (κ3) is 5.17. The van der Waals surface area contributed by atoms with Crippen LogP contribution in [0.5, 0.6) is 5.75 Å². The summed E-state index contributed by atoms with van der Waals surface area (Å²) in [5.74, 6) is 1.28. The second-order valence-corrected chi connectivity index (χ2v) is 4.47. The van der Waals surface area contributed by atoms with Crippen LogP contribution in [0.15, 0.2) is 27.7 Å². The van der Waals surface area contributed by atoms with Crippen molar-refractivity contribution in [1.82, 2.24) is 0 Å². The first-order valence-electron chi connectivity index (χ1n) is 5.37. The summed E-state index contributed by atoms with van der Waals surface area (Å²) in [6, 6.07) is 5.69. The van der Waals surface area contributed by atoms with Crippen molar-refractivity contribution in [3.63, 3.8) is 0 Å². The summed E-state index contributed by atoms with van der Waals surface area (Å²) in [5, 5.41) is 0. The molecule has 0 aliphatic rings. The van der Waals surface area contributed by atoms with Gasteiger partial charge in [-0.15, -0.1) is 0 Å². The molecule has 1 rings (SSSR count). The van der Waals surface area contributed by atoms with Crippen molar-refractivity contribution in [3.8, 4) is 5.75 Å². The number of hydrogen-bond acceptors (Lipinski definition) is 2. The number of rotatable bonds is 6. The van der Waals surface area contributed by atoms with E-state index in [-0.39, 0.29) is 6.67 Å². The summed E-state index contributed by atoms with van der Waals surface area (Å²) >= 11 is 3.41. The van der Waals surface area contributed by atoms with Crippen molar-refractivity contribution in [1.29, 1.82) is 0 Å². The van der Waals surface area contributed by atoms with Crippen LogP contribution < -0.4 is 10.5 Å². The number of aliphatic imine (C=N–C) groups is 1. The first-order chi connectivity index (χ1) is 8.13. The van der Waals surface area contributed by atoms with E-state index >= 15 is 0 Å². The van der Waals surface area contributed by atoms with Crippen molar-refractivity contribution in [2.75, 3.05) is 13.3 Å². The first-order valence-corrected chi connectivity index (χ1v) is 6.16. The fourth-order valence-electron chi connectivity index (χ4n) is 1.21. The zero-order valence-corrected chi connectivity index (χ0v) is 11.3. The molecule has 0 bridgehead atoms. The lowest BCUT2D eigenvalue weighted by Crippen LogP contribution is -2.05. The molecule has 1 aromatic carbocycles. The molecule has 0 aromatic heterocycles. The predicted molar refractivity (Wildman–Crippen MR) is 71.2 cm³/mol. The van der Waals surface area contributed by atoms with Crippen LogP contribution >= 0.6 is 15.9 Å². The van der Waals surface area contributed by atoms with Crippen LogP contribution in [0, 0.1) is 0 Å². The smallest absolute Gasteiger partial charge is 0.133 e. The average molecular weight is 302 g/mol. The minimum absolute atomic E-state index is 0.361. The second kappa shape index (κ2) is 7.27. The molecule has 0 saturated heterocycles. The maximum absolute atomic E-state index is 11.9. The van der Waals surface area contributed by atoms with Gasteiger partial charge in [0, 0.05) is 6.42 Å². The zero-order valence-electron chi connectivity index (χ0n) is 9.75. The molecule has 3 nitrogen and oxygen atoms in total. The molecule has 0 spiro atoms. The van der Waals surface area contributed by atoms with Crippen LogP contribution in [0.3, 0.4) is 0 Å². The van der Waals surface area contributed by atoms with E-state index in [1.54, 1.807) is 6.92 Å². The number of ether oxygens (including phenoxy) is 1. The quantitative estimate of drug-likeness (QED) is 0.499. The minimum atomic E-state index is -0.361. The predicted octanol–water partition coefficient (Wildman–Crippen LogP) is 3.06. The normalized spacial score (nSPS) is 11.6. The summed E-state index contributed by atoms with van der Waals surface area (Å²) in [4.78, 5) is 4.12. The van der Waals surface area contributed by atoms with Gasteiger partial charge in [-0.2, -0.15) is 0 Å². The number of amidine groups is 1. The molecule has 0 heterocycles. The maximum atomic E-state index is 11.9. The molecular formula is C12H16BrFN2O. The van der Waals surface area contributed by atoms with E-state index in [2.05, 4.69) is 20.9 Å². The molecule has 0 aliphatic heterocycles. The van der Waals surface area contributed by atoms with Gasteiger partial charge in [0.25, 0.3) is 0 Å². The van der Waals surface area contributed by atoms with Crippen LogP contribution in [0.25, 0.3) is 0 Å². The average Bonchev–Trinajstić information content (AvgIpc) is 2.29. The Morgan fingerprint density at radius 1 is 1.53 bits per heavy atom. The van der Waals surface area contributed by atoms with Gasteiger partial charge in [-0.25, -0.2) is 0 Å². The van der Waals surface area contributed by atoms with Gasteiger partial charge in [0.15, 0.2) is 0 Å². The maximum Gasteiger partial charge on any atom is 0.133 e. The van der Waals surface area contributed by atoms with Gasteiger partial charge in [-0.3, -0.25) is 9.38 Å². The van der Waals surface area contributed by atoms with Crippen molar-refractivity contribution in [3.05, 3.63) is 28.2 Å². The summed E-state index contributed by atoms with van der Waals surface area (Å²) in [7, 11) is 0. The Hall–Kier alpha value is -1.10. The van der Waals surface area contributed by atoms with Gasteiger partial charge in [-0.05, 0) is 40.5 Å². The Labute approximate surface area is 109 Å². The Morgan fingerprint density at radius 2 is 2.29 bits per heavy atom. The highest BCUT2D eigenvalue weighted by Crippen LogP contribution is 2.26. The SMILES string of the molecule is CC(N)=NCc1ccc(OCCC[18F])c(Br)c1. The van der Waals surface area contributed by atoms with E-state index in [9.17, 15) is 4.39 Å². The molecular weight excluding hydrogens is 286 g/mol. The van der Waals surface area contributed by atoms with E-state index in [0.29, 0.717) is 25.4 Å². The van der Waals surface area contributed by atoms with E-state index in [0.717, 1.165) is 15.8 Å². The molecule has 5 heteroatoms. The standard InChI is InChI=1S/C12H16BrFN2O/c1-9(15)16-8-10-3-4-12(11(13)7-10)17-6-2-5-14/h3-4,7H,2,5-6,8H2,1H3,(H2,15,16)/i14-1. The molecule has 0 atom stereocenters. The van der Waals surface area contributed by atoms with Crippen LogP contribution in [0.2, 0.25) is 0 Å². The Morgan fingerprint density at radius 3 is 2.88 bits per heavy atom. The number of halogens is 2. The van der Waals surface area contributed by atoms with E-state index in [4.69, 9.17) is 10.5 Å². The van der Waals surface area contributed by atoms with Crippen molar-refractivity contribution in [2.24, 2.45) is 10.7 Å². The highest BCUT2D eigenvalue weighted by molar-refractivity contribution is 9.10. The van der Waals surface area contributed by atoms with E-state index in [1.165, 1.54) is 0 Å². The van der Waals surface area contributed by atoms with Crippen LogP contribution in [-0.2, 0) is 6.54 Å². The molecule has 1 aromatic rings. The second-order valence-electron chi connectivity index (χ2n) is 3.61. The summed E-state index contributed by atoms with van der Waals surface area (Å²) in [6.45, 7) is 2.32. The Kier molecular flexibility index (Phi) is 5.97. The van der Waals surface area contributed by atoms with Gasteiger partial charge < -0.3 is 10.5 Å². The lowest BCUT2D eigenvalue weighted by Gasteiger charge is -2.08.